The van der Waals surface area contributed by atoms with Gasteiger partial charge in [-0.05, 0) is 42.8 Å². The van der Waals surface area contributed by atoms with Gasteiger partial charge in [-0.3, -0.25) is 4.98 Å². The second-order valence-corrected chi connectivity index (χ2v) is 3.57. The highest BCUT2D eigenvalue weighted by Gasteiger charge is 2.04. The van der Waals surface area contributed by atoms with Crippen molar-refractivity contribution in [3.05, 3.63) is 42.1 Å². The summed E-state index contributed by atoms with van der Waals surface area (Å²) in [6.07, 6.45) is 1.77. The highest BCUT2D eigenvalue weighted by atomic mass is 35.5. The minimum atomic E-state index is 0. The molecule has 0 atom stereocenters. The summed E-state index contributed by atoms with van der Waals surface area (Å²) >= 11 is 0. The number of benzene rings is 1. The van der Waals surface area contributed by atoms with Crippen molar-refractivity contribution in [1.29, 1.82) is 0 Å². The zero-order valence-electron chi connectivity index (χ0n) is 8.97. The molecule has 0 amide bonds. The van der Waals surface area contributed by atoms with E-state index in [1.54, 1.807) is 18.3 Å². The summed E-state index contributed by atoms with van der Waals surface area (Å²) in [7, 11) is 0. The van der Waals surface area contributed by atoms with Crippen molar-refractivity contribution >= 4 is 23.8 Å². The molecule has 0 unspecified atom stereocenters. The number of hydrogen-bond acceptors (Lipinski definition) is 3. The van der Waals surface area contributed by atoms with Gasteiger partial charge < -0.3 is 11.5 Å². The molecule has 0 bridgehead atoms. The van der Waals surface area contributed by atoms with Gasteiger partial charge in [-0.2, -0.15) is 0 Å². The van der Waals surface area contributed by atoms with E-state index in [2.05, 4.69) is 4.98 Å². The van der Waals surface area contributed by atoms with Crippen LogP contribution >= 0.6 is 12.4 Å². The van der Waals surface area contributed by atoms with Gasteiger partial charge >= 0.3 is 0 Å². The van der Waals surface area contributed by atoms with E-state index in [1.807, 2.05) is 25.1 Å². The fraction of sp³-hybridized carbons (Fsp3) is 0.0833. The van der Waals surface area contributed by atoms with E-state index in [9.17, 15) is 0 Å². The summed E-state index contributed by atoms with van der Waals surface area (Å²) in [5.41, 5.74) is 15.9. The molecule has 0 saturated carbocycles. The minimum absolute atomic E-state index is 0. The Hall–Kier alpha value is -1.74. The molecule has 4 N–H and O–H groups in total. The predicted octanol–water partition coefficient (Wildman–Crippen LogP) is 2.64. The number of pyridine rings is 1. The molecule has 1 aromatic carbocycles. The molecule has 2 rings (SSSR count). The van der Waals surface area contributed by atoms with Gasteiger partial charge in [0.05, 0.1) is 5.69 Å². The second kappa shape index (κ2) is 4.86. The number of anilines is 2. The normalized spacial score (nSPS) is 9.56. The number of rotatable bonds is 1. The fourth-order valence-electron chi connectivity index (χ4n) is 1.48. The first-order valence-electron chi connectivity index (χ1n) is 4.75. The number of nitrogens with zero attached hydrogens (tertiary/aromatic N) is 1. The van der Waals surface area contributed by atoms with Crippen molar-refractivity contribution < 1.29 is 0 Å². The first-order chi connectivity index (χ1) is 7.16. The summed E-state index contributed by atoms with van der Waals surface area (Å²) in [4.78, 5) is 4.28. The third-order valence-electron chi connectivity index (χ3n) is 2.27. The predicted molar refractivity (Wildman–Crippen MR) is 70.5 cm³/mol. The molecule has 0 aliphatic heterocycles. The smallest absolute Gasteiger partial charge is 0.0726 e. The van der Waals surface area contributed by atoms with Crippen LogP contribution in [0, 0.1) is 6.92 Å². The standard InChI is InChI=1S/C12H13N3.ClH/c1-8-4-5-15-12(6-8)10-7-9(13)2-3-11(10)14;/h2-7H,13-14H2,1H3;1H. The molecule has 0 fully saturated rings. The summed E-state index contributed by atoms with van der Waals surface area (Å²) in [5, 5.41) is 0. The van der Waals surface area contributed by atoms with E-state index in [-0.39, 0.29) is 12.4 Å². The van der Waals surface area contributed by atoms with Crippen LogP contribution in [0.25, 0.3) is 11.3 Å². The molecule has 84 valence electrons. The lowest BCUT2D eigenvalue weighted by atomic mass is 10.1. The molecule has 2 aromatic rings. The van der Waals surface area contributed by atoms with Crippen LogP contribution in [0.5, 0.6) is 0 Å². The molecule has 0 aliphatic rings. The van der Waals surface area contributed by atoms with Crippen molar-refractivity contribution in [2.75, 3.05) is 11.5 Å². The van der Waals surface area contributed by atoms with Crippen molar-refractivity contribution in [2.45, 2.75) is 6.92 Å². The van der Waals surface area contributed by atoms with Gasteiger partial charge in [0.25, 0.3) is 0 Å². The number of hydrogen-bond donors (Lipinski definition) is 2. The van der Waals surface area contributed by atoms with Crippen LogP contribution in [-0.2, 0) is 0 Å². The van der Waals surface area contributed by atoms with E-state index in [0.29, 0.717) is 11.4 Å². The maximum absolute atomic E-state index is 5.88. The van der Waals surface area contributed by atoms with Gasteiger partial charge in [-0.15, -0.1) is 12.4 Å². The molecule has 1 heterocycles. The molecule has 0 aliphatic carbocycles. The van der Waals surface area contributed by atoms with Crippen LogP contribution in [0.15, 0.2) is 36.5 Å². The van der Waals surface area contributed by atoms with E-state index in [0.717, 1.165) is 16.8 Å². The Kier molecular flexibility index (Phi) is 3.74. The topological polar surface area (TPSA) is 64.9 Å². The van der Waals surface area contributed by atoms with Crippen molar-refractivity contribution in [1.82, 2.24) is 4.98 Å². The zero-order valence-corrected chi connectivity index (χ0v) is 9.79. The average Bonchev–Trinajstić information content (AvgIpc) is 2.22. The summed E-state index contributed by atoms with van der Waals surface area (Å²) in [5.74, 6) is 0. The van der Waals surface area contributed by atoms with E-state index >= 15 is 0 Å². The Labute approximate surface area is 101 Å². The Morgan fingerprint density at radius 2 is 1.81 bits per heavy atom. The number of nitrogens with two attached hydrogens (primary N) is 2. The van der Waals surface area contributed by atoms with Crippen LogP contribution in [0.2, 0.25) is 0 Å². The molecular formula is C12H14ClN3. The molecule has 0 radical (unpaired) electrons. The minimum Gasteiger partial charge on any atom is -0.399 e. The van der Waals surface area contributed by atoms with Crippen molar-refractivity contribution in [3.63, 3.8) is 0 Å². The van der Waals surface area contributed by atoms with Crippen LogP contribution < -0.4 is 11.5 Å². The second-order valence-electron chi connectivity index (χ2n) is 3.57. The Balaban J connectivity index is 0.00000128. The first kappa shape index (κ1) is 12.3. The highest BCUT2D eigenvalue weighted by molar-refractivity contribution is 5.85. The molecule has 0 spiro atoms. The molecule has 0 saturated heterocycles. The molecular weight excluding hydrogens is 222 g/mol. The van der Waals surface area contributed by atoms with E-state index < -0.39 is 0 Å². The van der Waals surface area contributed by atoms with Gasteiger partial charge in [0.2, 0.25) is 0 Å². The molecule has 3 nitrogen and oxygen atoms in total. The Morgan fingerprint density at radius 3 is 2.50 bits per heavy atom. The van der Waals surface area contributed by atoms with E-state index in [1.165, 1.54) is 0 Å². The summed E-state index contributed by atoms with van der Waals surface area (Å²) in [6.45, 7) is 2.02. The van der Waals surface area contributed by atoms with Gasteiger partial charge in [-0.1, -0.05) is 0 Å². The van der Waals surface area contributed by atoms with Gasteiger partial charge in [0.1, 0.15) is 0 Å². The molecule has 16 heavy (non-hydrogen) atoms. The van der Waals surface area contributed by atoms with Gasteiger partial charge in [0, 0.05) is 23.1 Å². The van der Waals surface area contributed by atoms with Gasteiger partial charge in [0.15, 0.2) is 0 Å². The first-order valence-corrected chi connectivity index (χ1v) is 4.75. The summed E-state index contributed by atoms with van der Waals surface area (Å²) < 4.78 is 0. The molecule has 1 aromatic heterocycles. The van der Waals surface area contributed by atoms with Crippen LogP contribution in [0.3, 0.4) is 0 Å². The van der Waals surface area contributed by atoms with Crippen LogP contribution in [0.1, 0.15) is 5.56 Å². The fourth-order valence-corrected chi connectivity index (χ4v) is 1.48. The number of nitrogen functional groups attached to an aromatic ring is 2. The number of aryl methyl sites for hydroxylation is 1. The van der Waals surface area contributed by atoms with Crippen molar-refractivity contribution in [3.8, 4) is 11.3 Å². The largest absolute Gasteiger partial charge is 0.399 e. The summed E-state index contributed by atoms with van der Waals surface area (Å²) in [6, 6.07) is 9.37. The third kappa shape index (κ3) is 2.44. The van der Waals surface area contributed by atoms with Gasteiger partial charge in [-0.25, -0.2) is 0 Å². The number of halogens is 1. The lowest BCUT2D eigenvalue weighted by Gasteiger charge is -2.06. The SMILES string of the molecule is Cc1ccnc(-c2cc(N)ccc2N)c1.Cl. The quantitative estimate of drug-likeness (QED) is 0.747. The average molecular weight is 236 g/mol. The van der Waals surface area contributed by atoms with Crippen LogP contribution in [-0.4, -0.2) is 4.98 Å². The lowest BCUT2D eigenvalue weighted by Crippen LogP contribution is -1.94. The third-order valence-corrected chi connectivity index (χ3v) is 2.27. The van der Waals surface area contributed by atoms with Crippen LogP contribution in [0.4, 0.5) is 11.4 Å². The highest BCUT2D eigenvalue weighted by Crippen LogP contribution is 2.26. The monoisotopic (exact) mass is 235 g/mol. The maximum atomic E-state index is 5.88. The Morgan fingerprint density at radius 1 is 1.06 bits per heavy atom. The maximum Gasteiger partial charge on any atom is 0.0726 e. The van der Waals surface area contributed by atoms with Crippen molar-refractivity contribution in [2.24, 2.45) is 0 Å². The Bertz CT molecular complexity index is 497. The van der Waals surface area contributed by atoms with E-state index in [4.69, 9.17) is 11.5 Å². The molecule has 4 heteroatoms. The zero-order chi connectivity index (χ0) is 10.8. The lowest BCUT2D eigenvalue weighted by molar-refractivity contribution is 1.29. The number of aromatic nitrogens is 1.